The van der Waals surface area contributed by atoms with Crippen LogP contribution in [0.1, 0.15) is 6.92 Å². The minimum atomic E-state index is 0.111. The van der Waals surface area contributed by atoms with Crippen LogP contribution in [0.5, 0.6) is 0 Å². The highest BCUT2D eigenvalue weighted by Crippen LogP contribution is 2.03. The molecule has 78 valence electrons. The van der Waals surface area contributed by atoms with E-state index < -0.39 is 0 Å². The zero-order valence-electron chi connectivity index (χ0n) is 8.24. The predicted molar refractivity (Wildman–Crippen MR) is 49.8 cm³/mol. The Bertz CT molecular complexity index is 132. The third-order valence-electron chi connectivity index (χ3n) is 2.11. The van der Waals surface area contributed by atoms with Crippen molar-refractivity contribution in [2.24, 2.45) is 0 Å². The molecule has 0 saturated carbocycles. The minimum absolute atomic E-state index is 0.111. The van der Waals surface area contributed by atoms with Gasteiger partial charge in [-0.2, -0.15) is 0 Å². The van der Waals surface area contributed by atoms with Gasteiger partial charge in [0.05, 0.1) is 32.5 Å². The van der Waals surface area contributed by atoms with E-state index in [0.717, 1.165) is 26.2 Å². The summed E-state index contributed by atoms with van der Waals surface area (Å²) in [5.41, 5.74) is 0. The Hall–Kier alpha value is -0.160. The lowest BCUT2D eigenvalue weighted by Crippen LogP contribution is -2.42. The second kappa shape index (κ2) is 6.32. The van der Waals surface area contributed by atoms with Crippen molar-refractivity contribution in [1.82, 2.24) is 4.90 Å². The van der Waals surface area contributed by atoms with Crippen molar-refractivity contribution in [2.45, 2.75) is 13.0 Å². The molecule has 0 aromatic heterocycles. The van der Waals surface area contributed by atoms with Crippen LogP contribution in [0.2, 0.25) is 0 Å². The molecule has 1 rings (SSSR count). The van der Waals surface area contributed by atoms with Crippen LogP contribution in [0.4, 0.5) is 0 Å². The van der Waals surface area contributed by atoms with Crippen molar-refractivity contribution >= 4 is 0 Å². The van der Waals surface area contributed by atoms with Gasteiger partial charge in [0.2, 0.25) is 0 Å². The summed E-state index contributed by atoms with van der Waals surface area (Å²) in [5.74, 6) is 0. The van der Waals surface area contributed by atoms with Crippen LogP contribution in [0, 0.1) is 0 Å². The van der Waals surface area contributed by atoms with Crippen molar-refractivity contribution in [3.63, 3.8) is 0 Å². The quantitative estimate of drug-likeness (QED) is 0.604. The summed E-state index contributed by atoms with van der Waals surface area (Å²) < 4.78 is 10.6. The molecule has 1 saturated heterocycles. The van der Waals surface area contributed by atoms with Gasteiger partial charge in [0, 0.05) is 19.6 Å². The Morgan fingerprint density at radius 2 is 2.38 bits per heavy atom. The van der Waals surface area contributed by atoms with E-state index in [-0.39, 0.29) is 6.61 Å². The van der Waals surface area contributed by atoms with Crippen molar-refractivity contribution < 1.29 is 14.6 Å². The monoisotopic (exact) mass is 189 g/mol. The lowest BCUT2D eigenvalue weighted by molar-refractivity contribution is -0.0284. The van der Waals surface area contributed by atoms with Gasteiger partial charge in [-0.15, -0.1) is 0 Å². The maximum atomic E-state index is 8.49. The summed E-state index contributed by atoms with van der Waals surface area (Å²) in [4.78, 5) is 2.32. The molecule has 0 aromatic rings. The molecular weight excluding hydrogens is 170 g/mol. The number of nitrogens with zero attached hydrogens (tertiary/aromatic N) is 1. The highest BCUT2D eigenvalue weighted by atomic mass is 16.5. The first-order valence-electron chi connectivity index (χ1n) is 4.85. The molecule has 1 atom stereocenters. The van der Waals surface area contributed by atoms with Crippen LogP contribution in [0.15, 0.2) is 0 Å². The summed E-state index contributed by atoms with van der Waals surface area (Å²) in [6.45, 7) is 7.08. The average molecular weight is 189 g/mol. The summed E-state index contributed by atoms with van der Waals surface area (Å²) in [6, 6.07) is 0. The third kappa shape index (κ3) is 4.57. The number of ether oxygens (including phenoxy) is 2. The van der Waals surface area contributed by atoms with Crippen LogP contribution >= 0.6 is 0 Å². The first kappa shape index (κ1) is 10.9. The Labute approximate surface area is 79.4 Å². The van der Waals surface area contributed by atoms with Gasteiger partial charge >= 0.3 is 0 Å². The van der Waals surface area contributed by atoms with E-state index in [9.17, 15) is 0 Å². The van der Waals surface area contributed by atoms with E-state index in [0.29, 0.717) is 19.3 Å². The van der Waals surface area contributed by atoms with E-state index >= 15 is 0 Å². The maximum Gasteiger partial charge on any atom is 0.0698 e. The van der Waals surface area contributed by atoms with Crippen molar-refractivity contribution in [1.29, 1.82) is 0 Å². The fraction of sp³-hybridized carbons (Fsp3) is 1.00. The molecule has 4 nitrogen and oxygen atoms in total. The molecule has 1 fully saturated rings. The van der Waals surface area contributed by atoms with E-state index in [1.807, 2.05) is 0 Å². The summed E-state index contributed by atoms with van der Waals surface area (Å²) in [6.07, 6.45) is 0.339. The lowest BCUT2D eigenvalue weighted by atomic mass is 10.3. The Morgan fingerprint density at radius 3 is 3.08 bits per heavy atom. The first-order chi connectivity index (χ1) is 6.33. The van der Waals surface area contributed by atoms with Gasteiger partial charge < -0.3 is 14.6 Å². The molecule has 0 spiro atoms. The molecule has 4 heteroatoms. The van der Waals surface area contributed by atoms with Gasteiger partial charge in [0.1, 0.15) is 0 Å². The SMILES string of the molecule is CC1CN(CCOCCO)CCO1. The second-order valence-corrected chi connectivity index (χ2v) is 3.32. The van der Waals surface area contributed by atoms with Crippen molar-refractivity contribution in [2.75, 3.05) is 46.1 Å². The van der Waals surface area contributed by atoms with Crippen molar-refractivity contribution in [3.8, 4) is 0 Å². The smallest absolute Gasteiger partial charge is 0.0698 e. The molecule has 0 amide bonds. The molecule has 1 aliphatic rings. The summed E-state index contributed by atoms with van der Waals surface area (Å²) in [7, 11) is 0. The van der Waals surface area contributed by atoms with Crippen LogP contribution in [0.25, 0.3) is 0 Å². The number of hydrogen-bond donors (Lipinski definition) is 1. The molecule has 1 N–H and O–H groups in total. The predicted octanol–water partition coefficient (Wildman–Crippen LogP) is -0.284. The van der Waals surface area contributed by atoms with E-state index in [4.69, 9.17) is 14.6 Å². The highest BCUT2D eigenvalue weighted by Gasteiger charge is 2.15. The van der Waals surface area contributed by atoms with Crippen molar-refractivity contribution in [3.05, 3.63) is 0 Å². The fourth-order valence-corrected chi connectivity index (χ4v) is 1.45. The Morgan fingerprint density at radius 1 is 1.54 bits per heavy atom. The molecule has 1 unspecified atom stereocenters. The maximum absolute atomic E-state index is 8.49. The zero-order chi connectivity index (χ0) is 9.52. The zero-order valence-corrected chi connectivity index (χ0v) is 8.24. The summed E-state index contributed by atoms with van der Waals surface area (Å²) >= 11 is 0. The topological polar surface area (TPSA) is 41.9 Å². The molecule has 13 heavy (non-hydrogen) atoms. The van der Waals surface area contributed by atoms with Crippen LogP contribution in [-0.2, 0) is 9.47 Å². The van der Waals surface area contributed by atoms with Gasteiger partial charge in [-0.1, -0.05) is 0 Å². The highest BCUT2D eigenvalue weighted by molar-refractivity contribution is 4.67. The average Bonchev–Trinajstić information content (AvgIpc) is 2.13. The number of morpholine rings is 1. The second-order valence-electron chi connectivity index (χ2n) is 3.32. The lowest BCUT2D eigenvalue weighted by Gasteiger charge is -2.30. The fourth-order valence-electron chi connectivity index (χ4n) is 1.45. The van der Waals surface area contributed by atoms with Gasteiger partial charge in [-0.25, -0.2) is 0 Å². The van der Waals surface area contributed by atoms with Gasteiger partial charge in [0.25, 0.3) is 0 Å². The molecular formula is C9H19NO3. The third-order valence-corrected chi connectivity index (χ3v) is 2.11. The molecule has 1 heterocycles. The largest absolute Gasteiger partial charge is 0.394 e. The number of rotatable bonds is 5. The molecule has 0 aliphatic carbocycles. The molecule has 0 aromatic carbocycles. The normalized spacial score (nSPS) is 24.9. The number of aliphatic hydroxyl groups excluding tert-OH is 1. The molecule has 0 radical (unpaired) electrons. The van der Waals surface area contributed by atoms with Crippen LogP contribution < -0.4 is 0 Å². The van der Waals surface area contributed by atoms with Gasteiger partial charge in [-0.3, -0.25) is 4.90 Å². The minimum Gasteiger partial charge on any atom is -0.394 e. The van der Waals surface area contributed by atoms with Crippen LogP contribution in [0.3, 0.4) is 0 Å². The number of aliphatic hydroxyl groups is 1. The molecule has 0 bridgehead atoms. The first-order valence-corrected chi connectivity index (χ1v) is 4.85. The van der Waals surface area contributed by atoms with Gasteiger partial charge in [-0.05, 0) is 6.92 Å². The van der Waals surface area contributed by atoms with Crippen LogP contribution in [-0.4, -0.2) is 62.2 Å². The summed E-state index contributed by atoms with van der Waals surface area (Å²) in [5, 5.41) is 8.49. The standard InChI is InChI=1S/C9H19NO3/c1-9-8-10(3-6-13-9)2-5-12-7-4-11/h9,11H,2-8H2,1H3. The van der Waals surface area contributed by atoms with E-state index in [1.54, 1.807) is 0 Å². The van der Waals surface area contributed by atoms with Gasteiger partial charge in [0.15, 0.2) is 0 Å². The number of hydrogen-bond acceptors (Lipinski definition) is 4. The van der Waals surface area contributed by atoms with E-state index in [2.05, 4.69) is 11.8 Å². The molecule has 1 aliphatic heterocycles. The Balaban J connectivity index is 2.00. The Kier molecular flexibility index (Phi) is 5.31. The van der Waals surface area contributed by atoms with E-state index in [1.165, 1.54) is 0 Å².